The maximum absolute atomic E-state index is 13.0. The predicted molar refractivity (Wildman–Crippen MR) is 40.4 cm³/mol. The molecule has 2 rings (SSSR count). The fourth-order valence-electron chi connectivity index (χ4n) is 1.30. The first kappa shape index (κ1) is 8.25. The molecular weight excluding hydrogens is 180 g/mol. The predicted octanol–water partition coefficient (Wildman–Crippen LogP) is 1.06. The van der Waals surface area contributed by atoms with Crippen molar-refractivity contribution in [1.29, 1.82) is 0 Å². The van der Waals surface area contributed by atoms with Crippen LogP contribution < -0.4 is 10.5 Å². The van der Waals surface area contributed by atoms with Gasteiger partial charge in [0.1, 0.15) is 6.61 Å². The minimum absolute atomic E-state index is 0.106. The monoisotopic (exact) mass is 187 g/mol. The van der Waals surface area contributed by atoms with Crippen molar-refractivity contribution >= 4 is 0 Å². The molecule has 1 aromatic carbocycles. The minimum atomic E-state index is -1.30. The number of halogens is 2. The smallest absolute Gasteiger partial charge is 0.204 e. The Bertz CT molecular complexity index is 368. The van der Waals surface area contributed by atoms with Crippen LogP contribution in [0.2, 0.25) is 0 Å². The van der Waals surface area contributed by atoms with E-state index in [-0.39, 0.29) is 12.4 Å². The molecule has 0 saturated carbocycles. The fourth-order valence-corrected chi connectivity index (χ4v) is 1.30. The number of phenols is 1. The van der Waals surface area contributed by atoms with E-state index in [0.29, 0.717) is 5.56 Å². The molecule has 0 spiro atoms. The van der Waals surface area contributed by atoms with E-state index in [2.05, 4.69) is 0 Å². The van der Waals surface area contributed by atoms with Gasteiger partial charge >= 0.3 is 0 Å². The van der Waals surface area contributed by atoms with E-state index in [4.69, 9.17) is 15.6 Å². The van der Waals surface area contributed by atoms with E-state index in [1.807, 2.05) is 0 Å². The number of nitrogens with two attached hydrogens (primary N) is 1. The Labute approximate surface area is 72.7 Å². The summed E-state index contributed by atoms with van der Waals surface area (Å²) in [4.78, 5) is 0. The summed E-state index contributed by atoms with van der Waals surface area (Å²) in [5, 5.41) is 8.96. The highest BCUT2D eigenvalue weighted by Gasteiger charge is 2.28. The third kappa shape index (κ3) is 1.04. The lowest BCUT2D eigenvalue weighted by molar-refractivity contribution is 0.311. The van der Waals surface area contributed by atoms with E-state index in [0.717, 1.165) is 6.07 Å². The van der Waals surface area contributed by atoms with Crippen molar-refractivity contribution in [3.8, 4) is 11.5 Å². The highest BCUT2D eigenvalue weighted by Crippen LogP contribution is 2.38. The zero-order valence-corrected chi connectivity index (χ0v) is 6.55. The normalized spacial score (nSPS) is 19.8. The van der Waals surface area contributed by atoms with Gasteiger partial charge in [0.05, 0.1) is 6.04 Å². The lowest BCUT2D eigenvalue weighted by atomic mass is 10.1. The molecule has 0 aliphatic carbocycles. The summed E-state index contributed by atoms with van der Waals surface area (Å²) in [5.74, 6) is -3.41. The van der Waals surface area contributed by atoms with E-state index in [1.54, 1.807) is 0 Å². The molecule has 0 unspecified atom stereocenters. The van der Waals surface area contributed by atoms with E-state index >= 15 is 0 Å². The number of hydrogen-bond donors (Lipinski definition) is 2. The molecule has 1 heterocycles. The molecule has 3 N–H and O–H groups in total. The summed E-state index contributed by atoms with van der Waals surface area (Å²) in [6, 6.07) is 0.585. The zero-order valence-electron chi connectivity index (χ0n) is 6.55. The Morgan fingerprint density at radius 2 is 2.15 bits per heavy atom. The van der Waals surface area contributed by atoms with Crippen LogP contribution in [-0.4, -0.2) is 11.7 Å². The molecule has 70 valence electrons. The Morgan fingerprint density at radius 3 is 2.85 bits per heavy atom. The van der Waals surface area contributed by atoms with Gasteiger partial charge in [0.15, 0.2) is 11.5 Å². The number of rotatable bonds is 0. The highest BCUT2D eigenvalue weighted by atomic mass is 19.2. The SMILES string of the molecule is N[C@@H]1COc2c1cc(O)c(F)c2F. The summed E-state index contributed by atoms with van der Waals surface area (Å²) in [7, 11) is 0. The molecule has 0 fully saturated rings. The second kappa shape index (κ2) is 2.56. The maximum atomic E-state index is 13.0. The molecule has 1 atom stereocenters. The van der Waals surface area contributed by atoms with Crippen molar-refractivity contribution in [2.45, 2.75) is 6.04 Å². The molecule has 3 nitrogen and oxygen atoms in total. The summed E-state index contributed by atoms with van der Waals surface area (Å²) in [6.07, 6.45) is 0. The van der Waals surface area contributed by atoms with Crippen LogP contribution in [0.25, 0.3) is 0 Å². The largest absolute Gasteiger partial charge is 0.505 e. The van der Waals surface area contributed by atoms with Gasteiger partial charge in [-0.3, -0.25) is 0 Å². The molecule has 5 heteroatoms. The number of ether oxygens (including phenoxy) is 1. The lowest BCUT2D eigenvalue weighted by Crippen LogP contribution is -2.10. The van der Waals surface area contributed by atoms with Crippen LogP contribution in [0.4, 0.5) is 8.78 Å². The van der Waals surface area contributed by atoms with Gasteiger partial charge in [0.2, 0.25) is 11.6 Å². The Hall–Kier alpha value is -1.36. The molecular formula is C8H7F2NO2. The second-order valence-corrected chi connectivity index (χ2v) is 2.86. The molecule has 1 aliphatic rings. The third-order valence-corrected chi connectivity index (χ3v) is 1.98. The average Bonchev–Trinajstić information content (AvgIpc) is 2.45. The Balaban J connectivity index is 2.67. The van der Waals surface area contributed by atoms with Crippen molar-refractivity contribution in [3.63, 3.8) is 0 Å². The first-order chi connectivity index (χ1) is 6.11. The van der Waals surface area contributed by atoms with Crippen LogP contribution in [0, 0.1) is 11.6 Å². The molecule has 0 aromatic heterocycles. The van der Waals surface area contributed by atoms with Gasteiger partial charge in [-0.15, -0.1) is 0 Å². The molecule has 13 heavy (non-hydrogen) atoms. The van der Waals surface area contributed by atoms with Crippen molar-refractivity contribution in [2.75, 3.05) is 6.61 Å². The number of phenolic OH excluding ortho intramolecular Hbond substituents is 1. The summed E-state index contributed by atoms with van der Waals surface area (Å²) >= 11 is 0. The van der Waals surface area contributed by atoms with E-state index < -0.39 is 23.4 Å². The minimum Gasteiger partial charge on any atom is -0.505 e. The van der Waals surface area contributed by atoms with Gasteiger partial charge in [0, 0.05) is 5.56 Å². The number of fused-ring (bicyclic) bond motifs is 1. The maximum Gasteiger partial charge on any atom is 0.204 e. The first-order valence-corrected chi connectivity index (χ1v) is 3.70. The Kier molecular flexibility index (Phi) is 1.63. The molecule has 0 saturated heterocycles. The second-order valence-electron chi connectivity index (χ2n) is 2.86. The lowest BCUT2D eigenvalue weighted by Gasteiger charge is -2.03. The van der Waals surface area contributed by atoms with Crippen molar-refractivity contribution in [1.82, 2.24) is 0 Å². The van der Waals surface area contributed by atoms with Gasteiger partial charge in [-0.25, -0.2) is 0 Å². The van der Waals surface area contributed by atoms with Crippen LogP contribution in [0.3, 0.4) is 0 Å². The van der Waals surface area contributed by atoms with Crippen molar-refractivity contribution in [3.05, 3.63) is 23.3 Å². The first-order valence-electron chi connectivity index (χ1n) is 3.70. The van der Waals surface area contributed by atoms with Gasteiger partial charge in [-0.1, -0.05) is 0 Å². The number of benzene rings is 1. The molecule has 1 aliphatic heterocycles. The standard InChI is InChI=1S/C8H7F2NO2/c9-6-5(12)1-3-4(11)2-13-8(3)7(6)10/h1,4,12H,2,11H2/t4-/m1/s1. The Morgan fingerprint density at radius 1 is 1.46 bits per heavy atom. The summed E-state index contributed by atoms with van der Waals surface area (Å²) in [6.45, 7) is 0.106. The van der Waals surface area contributed by atoms with Crippen LogP contribution in [0.15, 0.2) is 6.07 Å². The van der Waals surface area contributed by atoms with Crippen LogP contribution >= 0.6 is 0 Å². The summed E-state index contributed by atoms with van der Waals surface area (Å²) < 4.78 is 30.6. The van der Waals surface area contributed by atoms with Crippen LogP contribution in [0.1, 0.15) is 11.6 Å². The van der Waals surface area contributed by atoms with E-state index in [1.165, 1.54) is 0 Å². The summed E-state index contributed by atoms with van der Waals surface area (Å²) in [5.41, 5.74) is 5.81. The van der Waals surface area contributed by atoms with Crippen molar-refractivity contribution in [2.24, 2.45) is 5.73 Å². The van der Waals surface area contributed by atoms with Crippen molar-refractivity contribution < 1.29 is 18.6 Å². The van der Waals surface area contributed by atoms with Gasteiger partial charge in [-0.05, 0) is 6.07 Å². The fraction of sp³-hybridized carbons (Fsp3) is 0.250. The van der Waals surface area contributed by atoms with E-state index in [9.17, 15) is 8.78 Å². The molecule has 1 aromatic rings. The quantitative estimate of drug-likeness (QED) is 0.638. The number of hydrogen-bond acceptors (Lipinski definition) is 3. The van der Waals surface area contributed by atoms with Gasteiger partial charge in [-0.2, -0.15) is 8.78 Å². The van der Waals surface area contributed by atoms with Crippen LogP contribution in [-0.2, 0) is 0 Å². The molecule has 0 bridgehead atoms. The number of aromatic hydroxyl groups is 1. The van der Waals surface area contributed by atoms with Crippen LogP contribution in [0.5, 0.6) is 11.5 Å². The highest BCUT2D eigenvalue weighted by molar-refractivity contribution is 5.46. The van der Waals surface area contributed by atoms with Gasteiger partial charge < -0.3 is 15.6 Å². The molecule has 0 radical (unpaired) electrons. The third-order valence-electron chi connectivity index (χ3n) is 1.98. The zero-order chi connectivity index (χ0) is 9.59. The average molecular weight is 187 g/mol. The topological polar surface area (TPSA) is 55.5 Å². The van der Waals surface area contributed by atoms with Gasteiger partial charge in [0.25, 0.3) is 0 Å². The molecule has 0 amide bonds.